The Morgan fingerprint density at radius 2 is 1.84 bits per heavy atom. The summed E-state index contributed by atoms with van der Waals surface area (Å²) in [4.78, 5) is 2.00. The maximum Gasteiger partial charge on any atom is 0.130 e. The van der Waals surface area contributed by atoms with Crippen molar-refractivity contribution in [2.24, 2.45) is 11.7 Å². The van der Waals surface area contributed by atoms with E-state index in [1.165, 1.54) is 43.9 Å². The summed E-state index contributed by atoms with van der Waals surface area (Å²) in [6, 6.07) is 3.59. The molecule has 0 aromatic heterocycles. The molecule has 2 rings (SSSR count). The zero-order chi connectivity index (χ0) is 13.8. The minimum absolute atomic E-state index is 0.102. The van der Waals surface area contributed by atoms with Gasteiger partial charge in [0.1, 0.15) is 11.6 Å². The average molecular weight is 268 g/mol. The molecule has 1 fully saturated rings. The molecule has 1 aliphatic carbocycles. The molecule has 0 aliphatic heterocycles. The first-order valence-electron chi connectivity index (χ1n) is 6.97. The van der Waals surface area contributed by atoms with E-state index in [0.29, 0.717) is 5.92 Å². The molecule has 0 spiro atoms. The molecule has 0 amide bonds. The zero-order valence-electron chi connectivity index (χ0n) is 11.4. The average Bonchev–Trinajstić information content (AvgIpc) is 2.86. The van der Waals surface area contributed by atoms with Gasteiger partial charge >= 0.3 is 0 Å². The van der Waals surface area contributed by atoms with Gasteiger partial charge in [-0.25, -0.2) is 8.78 Å². The first-order chi connectivity index (χ1) is 9.13. The Bertz CT molecular complexity index is 396. The quantitative estimate of drug-likeness (QED) is 0.889. The van der Waals surface area contributed by atoms with Crippen molar-refractivity contribution in [3.63, 3.8) is 0 Å². The molecule has 106 valence electrons. The molecule has 4 heteroatoms. The number of likely N-dealkylation sites (N-methyl/N-ethyl adjacent to an activating group) is 1. The van der Waals surface area contributed by atoms with Crippen LogP contribution in [-0.4, -0.2) is 25.0 Å². The fraction of sp³-hybridized carbons (Fsp3) is 0.600. The summed E-state index contributed by atoms with van der Waals surface area (Å²) in [6.45, 7) is 1.08. The Labute approximate surface area is 113 Å². The summed E-state index contributed by atoms with van der Waals surface area (Å²) < 4.78 is 27.7. The Balaban J connectivity index is 2.14. The summed E-state index contributed by atoms with van der Waals surface area (Å²) in [5, 5.41) is 0. The van der Waals surface area contributed by atoms with Crippen LogP contribution in [0.1, 0.15) is 37.3 Å². The number of halogens is 2. The highest BCUT2D eigenvalue weighted by Crippen LogP contribution is 2.29. The van der Waals surface area contributed by atoms with Crippen LogP contribution in [0.5, 0.6) is 0 Å². The van der Waals surface area contributed by atoms with Crippen molar-refractivity contribution in [2.75, 3.05) is 20.1 Å². The van der Waals surface area contributed by atoms with Crippen LogP contribution in [0.25, 0.3) is 0 Å². The van der Waals surface area contributed by atoms with Gasteiger partial charge in [-0.2, -0.15) is 0 Å². The van der Waals surface area contributed by atoms with Crippen LogP contribution in [-0.2, 0) is 0 Å². The summed E-state index contributed by atoms with van der Waals surface area (Å²) in [5.41, 5.74) is 5.85. The van der Waals surface area contributed by atoms with Gasteiger partial charge in [0.25, 0.3) is 0 Å². The molecule has 0 bridgehead atoms. The Hall–Kier alpha value is -1.00. The van der Waals surface area contributed by atoms with E-state index in [-0.39, 0.29) is 18.2 Å². The number of nitrogens with two attached hydrogens (primary N) is 1. The molecule has 0 heterocycles. The lowest BCUT2D eigenvalue weighted by Gasteiger charge is -2.30. The zero-order valence-corrected chi connectivity index (χ0v) is 11.4. The second-order valence-electron chi connectivity index (χ2n) is 5.48. The fourth-order valence-electron chi connectivity index (χ4n) is 3.07. The largest absolute Gasteiger partial charge is 0.329 e. The number of nitrogens with zero attached hydrogens (tertiary/aromatic N) is 1. The van der Waals surface area contributed by atoms with Gasteiger partial charge in [0.05, 0.1) is 6.04 Å². The molecule has 1 aromatic rings. The van der Waals surface area contributed by atoms with E-state index in [9.17, 15) is 8.78 Å². The van der Waals surface area contributed by atoms with Crippen molar-refractivity contribution in [3.05, 3.63) is 35.4 Å². The summed E-state index contributed by atoms with van der Waals surface area (Å²) in [7, 11) is 1.90. The smallest absolute Gasteiger partial charge is 0.130 e. The van der Waals surface area contributed by atoms with E-state index in [4.69, 9.17) is 5.73 Å². The van der Waals surface area contributed by atoms with Gasteiger partial charge in [-0.3, -0.25) is 4.90 Å². The lowest BCUT2D eigenvalue weighted by atomic mass is 10.0. The van der Waals surface area contributed by atoms with Crippen LogP contribution in [0.3, 0.4) is 0 Å². The molecule has 1 unspecified atom stereocenters. The highest BCUT2D eigenvalue weighted by atomic mass is 19.1. The minimum Gasteiger partial charge on any atom is -0.329 e. The predicted molar refractivity (Wildman–Crippen MR) is 72.7 cm³/mol. The number of rotatable bonds is 5. The van der Waals surface area contributed by atoms with Crippen molar-refractivity contribution in [2.45, 2.75) is 31.7 Å². The van der Waals surface area contributed by atoms with Gasteiger partial charge in [-0.05, 0) is 37.9 Å². The molecule has 2 nitrogen and oxygen atoms in total. The lowest BCUT2D eigenvalue weighted by molar-refractivity contribution is 0.204. The normalized spacial score (nSPS) is 18.2. The van der Waals surface area contributed by atoms with Crippen molar-refractivity contribution in [1.82, 2.24) is 4.90 Å². The third kappa shape index (κ3) is 3.31. The van der Waals surface area contributed by atoms with E-state index >= 15 is 0 Å². The molecule has 2 N–H and O–H groups in total. The van der Waals surface area contributed by atoms with E-state index < -0.39 is 11.6 Å². The minimum atomic E-state index is -0.506. The highest BCUT2D eigenvalue weighted by Gasteiger charge is 2.25. The first kappa shape index (κ1) is 14.4. The van der Waals surface area contributed by atoms with Crippen LogP contribution in [0.4, 0.5) is 8.78 Å². The van der Waals surface area contributed by atoms with Crippen LogP contribution < -0.4 is 5.73 Å². The second kappa shape index (κ2) is 6.44. The Morgan fingerprint density at radius 3 is 2.37 bits per heavy atom. The van der Waals surface area contributed by atoms with E-state index in [2.05, 4.69) is 0 Å². The number of benzene rings is 1. The molecular weight excluding hydrogens is 246 g/mol. The van der Waals surface area contributed by atoms with Crippen LogP contribution in [0.2, 0.25) is 0 Å². The first-order valence-corrected chi connectivity index (χ1v) is 6.97. The maximum atomic E-state index is 13.8. The molecule has 19 heavy (non-hydrogen) atoms. The van der Waals surface area contributed by atoms with Crippen LogP contribution >= 0.6 is 0 Å². The maximum absolute atomic E-state index is 13.8. The predicted octanol–water partition coefficient (Wildman–Crippen LogP) is 3.09. The molecule has 0 saturated heterocycles. The Morgan fingerprint density at radius 1 is 1.26 bits per heavy atom. The monoisotopic (exact) mass is 268 g/mol. The van der Waals surface area contributed by atoms with Gasteiger partial charge < -0.3 is 5.73 Å². The lowest BCUT2D eigenvalue weighted by Crippen LogP contribution is -2.35. The molecule has 1 aliphatic rings. The second-order valence-corrected chi connectivity index (χ2v) is 5.48. The van der Waals surface area contributed by atoms with Crippen molar-refractivity contribution < 1.29 is 8.78 Å². The molecule has 1 atom stereocenters. The van der Waals surface area contributed by atoms with Crippen molar-refractivity contribution in [3.8, 4) is 0 Å². The number of hydrogen-bond acceptors (Lipinski definition) is 2. The third-order valence-corrected chi connectivity index (χ3v) is 4.11. The highest BCUT2D eigenvalue weighted by molar-refractivity contribution is 5.23. The summed E-state index contributed by atoms with van der Waals surface area (Å²) in [5.74, 6) is -0.378. The fourth-order valence-corrected chi connectivity index (χ4v) is 3.07. The van der Waals surface area contributed by atoms with Gasteiger partial charge in [-0.1, -0.05) is 18.9 Å². The van der Waals surface area contributed by atoms with Crippen molar-refractivity contribution in [1.29, 1.82) is 0 Å². The van der Waals surface area contributed by atoms with E-state index in [1.807, 2.05) is 11.9 Å². The summed E-state index contributed by atoms with van der Waals surface area (Å²) >= 11 is 0. The number of hydrogen-bond donors (Lipinski definition) is 1. The molecule has 0 radical (unpaired) electrons. The molecule has 1 aromatic carbocycles. The van der Waals surface area contributed by atoms with Gasteiger partial charge in [0, 0.05) is 18.7 Å². The molecule has 1 saturated carbocycles. The van der Waals surface area contributed by atoms with Gasteiger partial charge in [-0.15, -0.1) is 0 Å². The van der Waals surface area contributed by atoms with Crippen LogP contribution in [0.15, 0.2) is 18.2 Å². The van der Waals surface area contributed by atoms with E-state index in [0.717, 1.165) is 6.54 Å². The van der Waals surface area contributed by atoms with E-state index in [1.54, 1.807) is 0 Å². The standard InChI is InChI=1S/C15H22F2N2/c1-19(10-11-5-2-3-6-11)14(9-18)15-12(16)7-4-8-13(15)17/h4,7-8,11,14H,2-3,5-6,9-10,18H2,1H3. The third-order valence-electron chi connectivity index (χ3n) is 4.11. The van der Waals surface area contributed by atoms with Crippen LogP contribution in [0, 0.1) is 17.6 Å². The van der Waals surface area contributed by atoms with Gasteiger partial charge in [0.15, 0.2) is 0 Å². The van der Waals surface area contributed by atoms with Crippen molar-refractivity contribution >= 4 is 0 Å². The van der Waals surface area contributed by atoms with Gasteiger partial charge in [0.2, 0.25) is 0 Å². The summed E-state index contributed by atoms with van der Waals surface area (Å²) in [6.07, 6.45) is 4.95. The SMILES string of the molecule is CN(CC1CCCC1)C(CN)c1c(F)cccc1F. The molecular formula is C15H22F2N2. The Kier molecular flexibility index (Phi) is 4.88. The topological polar surface area (TPSA) is 29.3 Å².